The highest BCUT2D eigenvalue weighted by atomic mass is 32.1. The van der Waals surface area contributed by atoms with E-state index >= 15 is 0 Å². The largest absolute Gasteiger partial charge is 0.327 e. The lowest BCUT2D eigenvalue weighted by Gasteiger charge is -2.23. The summed E-state index contributed by atoms with van der Waals surface area (Å²) in [6.45, 7) is 2.45. The molecule has 2 amide bonds. The lowest BCUT2D eigenvalue weighted by Crippen LogP contribution is -2.35. The highest BCUT2D eigenvalue weighted by molar-refractivity contribution is 7.09. The number of aryl methyl sites for hydroxylation is 1. The molecule has 1 N–H and O–H groups in total. The number of carbonyl (C=O) groups is 1. The number of urea groups is 1. The molecule has 23 heavy (non-hydrogen) atoms. The lowest BCUT2D eigenvalue weighted by molar-refractivity contribution is 0.256. The number of anilines is 2. The van der Waals surface area contributed by atoms with E-state index in [9.17, 15) is 4.79 Å². The van der Waals surface area contributed by atoms with E-state index in [2.05, 4.69) is 10.3 Å². The van der Waals surface area contributed by atoms with Gasteiger partial charge in [0, 0.05) is 16.8 Å². The van der Waals surface area contributed by atoms with Gasteiger partial charge in [-0.15, -0.1) is 11.3 Å². The smallest absolute Gasteiger partial charge is 0.307 e. The maximum Gasteiger partial charge on any atom is 0.327 e. The average Bonchev–Trinajstić information content (AvgIpc) is 3.07. The molecule has 5 heteroatoms. The molecule has 2 heterocycles. The van der Waals surface area contributed by atoms with Crippen LogP contribution in [0.25, 0.3) is 0 Å². The molecule has 0 spiro atoms. The maximum absolute atomic E-state index is 12.8. The Bertz CT molecular complexity index is 772. The van der Waals surface area contributed by atoms with Crippen molar-refractivity contribution in [2.24, 2.45) is 0 Å². The van der Waals surface area contributed by atoms with Gasteiger partial charge in [0.25, 0.3) is 0 Å². The zero-order valence-electron chi connectivity index (χ0n) is 12.8. The molecule has 0 aliphatic carbocycles. The van der Waals surface area contributed by atoms with Gasteiger partial charge >= 0.3 is 6.03 Å². The van der Waals surface area contributed by atoms with Gasteiger partial charge in [-0.1, -0.05) is 30.3 Å². The molecule has 4 nitrogen and oxygen atoms in total. The van der Waals surface area contributed by atoms with Crippen molar-refractivity contribution in [2.45, 2.75) is 13.5 Å². The number of hydrogen-bond acceptors (Lipinski definition) is 3. The first-order valence-corrected chi connectivity index (χ1v) is 8.19. The molecule has 0 saturated carbocycles. The van der Waals surface area contributed by atoms with E-state index in [-0.39, 0.29) is 6.03 Å². The number of benzene rings is 1. The minimum absolute atomic E-state index is 0.189. The number of pyridine rings is 1. The van der Waals surface area contributed by atoms with Crippen molar-refractivity contribution < 1.29 is 4.79 Å². The summed E-state index contributed by atoms with van der Waals surface area (Å²) in [5.74, 6) is 0.675. The second-order valence-corrected chi connectivity index (χ2v) is 6.14. The van der Waals surface area contributed by atoms with Gasteiger partial charge in [0.1, 0.15) is 5.82 Å². The third-order valence-corrected chi connectivity index (χ3v) is 4.26. The molecule has 0 radical (unpaired) electrons. The first-order valence-electron chi connectivity index (χ1n) is 7.31. The van der Waals surface area contributed by atoms with E-state index in [4.69, 9.17) is 0 Å². The van der Waals surface area contributed by atoms with Crippen LogP contribution in [-0.4, -0.2) is 11.0 Å². The van der Waals surface area contributed by atoms with Crippen LogP contribution in [0.2, 0.25) is 0 Å². The van der Waals surface area contributed by atoms with Crippen LogP contribution in [0.4, 0.5) is 16.3 Å². The predicted molar refractivity (Wildman–Crippen MR) is 94.9 cm³/mol. The molecule has 3 rings (SSSR count). The molecule has 116 valence electrons. The molecule has 0 aliphatic rings. The number of carbonyl (C=O) groups excluding carboxylic acids is 1. The Balaban J connectivity index is 1.88. The van der Waals surface area contributed by atoms with Crippen molar-refractivity contribution in [3.05, 3.63) is 76.6 Å². The van der Waals surface area contributed by atoms with Crippen LogP contribution < -0.4 is 10.2 Å². The highest BCUT2D eigenvalue weighted by Crippen LogP contribution is 2.22. The lowest BCUT2D eigenvalue weighted by atomic mass is 10.2. The van der Waals surface area contributed by atoms with E-state index in [1.165, 1.54) is 0 Å². The molecule has 2 aromatic heterocycles. The molecular weight excluding hydrogens is 306 g/mol. The van der Waals surface area contributed by atoms with Gasteiger partial charge in [0.15, 0.2) is 0 Å². The van der Waals surface area contributed by atoms with Gasteiger partial charge in [-0.25, -0.2) is 9.78 Å². The molecule has 3 aromatic rings. The standard InChI is InChI=1S/C18H17N3OS/c1-14-7-5-11-19-17(14)21(13-16-10-6-12-23-16)18(22)20-15-8-3-2-4-9-15/h2-12H,13H2,1H3,(H,20,22). The quantitative estimate of drug-likeness (QED) is 0.757. The number of nitrogens with zero attached hydrogens (tertiary/aromatic N) is 2. The van der Waals surface area contributed by atoms with Crippen molar-refractivity contribution in [1.29, 1.82) is 0 Å². The second kappa shape index (κ2) is 7.07. The van der Waals surface area contributed by atoms with Gasteiger partial charge in [0.2, 0.25) is 0 Å². The number of thiophene rings is 1. The van der Waals surface area contributed by atoms with E-state index in [1.54, 1.807) is 22.4 Å². The van der Waals surface area contributed by atoms with Crippen molar-refractivity contribution in [1.82, 2.24) is 4.98 Å². The Morgan fingerprint density at radius 1 is 1.13 bits per heavy atom. The van der Waals surface area contributed by atoms with Crippen LogP contribution >= 0.6 is 11.3 Å². The van der Waals surface area contributed by atoms with Gasteiger partial charge in [-0.2, -0.15) is 0 Å². The number of para-hydroxylation sites is 1. The third-order valence-electron chi connectivity index (χ3n) is 3.40. The van der Waals surface area contributed by atoms with Crippen LogP contribution in [0.15, 0.2) is 66.2 Å². The zero-order valence-corrected chi connectivity index (χ0v) is 13.6. The summed E-state index contributed by atoms with van der Waals surface area (Å²) in [6.07, 6.45) is 1.71. The SMILES string of the molecule is Cc1cccnc1N(Cc1cccs1)C(=O)Nc1ccccc1. The Morgan fingerprint density at radius 3 is 2.65 bits per heavy atom. The summed E-state index contributed by atoms with van der Waals surface area (Å²) in [6, 6.07) is 17.1. The summed E-state index contributed by atoms with van der Waals surface area (Å²) in [7, 11) is 0. The Kier molecular flexibility index (Phi) is 4.68. The number of amides is 2. The fraction of sp³-hybridized carbons (Fsp3) is 0.111. The third kappa shape index (κ3) is 3.76. The first-order chi connectivity index (χ1) is 11.2. The van der Waals surface area contributed by atoms with Crippen molar-refractivity contribution in [3.63, 3.8) is 0 Å². The topological polar surface area (TPSA) is 45.2 Å². The Labute approximate surface area is 139 Å². The van der Waals surface area contributed by atoms with Crippen molar-refractivity contribution in [3.8, 4) is 0 Å². The molecule has 0 bridgehead atoms. The molecule has 0 unspecified atom stereocenters. The summed E-state index contributed by atoms with van der Waals surface area (Å²) < 4.78 is 0. The fourth-order valence-electron chi connectivity index (χ4n) is 2.27. The minimum atomic E-state index is -0.189. The Morgan fingerprint density at radius 2 is 1.96 bits per heavy atom. The van der Waals surface area contributed by atoms with Crippen LogP contribution in [0.1, 0.15) is 10.4 Å². The highest BCUT2D eigenvalue weighted by Gasteiger charge is 2.19. The number of hydrogen-bond donors (Lipinski definition) is 1. The van der Waals surface area contributed by atoms with Gasteiger partial charge in [-0.3, -0.25) is 4.90 Å². The predicted octanol–water partition coefficient (Wildman–Crippen LogP) is 4.69. The molecule has 0 saturated heterocycles. The summed E-state index contributed by atoms with van der Waals surface area (Å²) in [4.78, 5) is 19.9. The van der Waals surface area contributed by atoms with Crippen LogP contribution in [0.3, 0.4) is 0 Å². The van der Waals surface area contributed by atoms with E-state index < -0.39 is 0 Å². The minimum Gasteiger partial charge on any atom is -0.307 e. The van der Waals surface area contributed by atoms with Crippen LogP contribution in [0.5, 0.6) is 0 Å². The maximum atomic E-state index is 12.8. The van der Waals surface area contributed by atoms with E-state index in [0.717, 1.165) is 16.1 Å². The van der Waals surface area contributed by atoms with E-state index in [0.29, 0.717) is 12.4 Å². The molecule has 0 fully saturated rings. The normalized spacial score (nSPS) is 10.3. The molecular formula is C18H17N3OS. The van der Waals surface area contributed by atoms with Gasteiger partial charge in [-0.05, 0) is 42.1 Å². The van der Waals surface area contributed by atoms with Gasteiger partial charge in [0.05, 0.1) is 6.54 Å². The fourth-order valence-corrected chi connectivity index (χ4v) is 2.97. The molecule has 0 atom stereocenters. The Hall–Kier alpha value is -2.66. The van der Waals surface area contributed by atoms with Crippen molar-refractivity contribution in [2.75, 3.05) is 10.2 Å². The zero-order chi connectivity index (χ0) is 16.1. The van der Waals surface area contributed by atoms with Crippen LogP contribution in [-0.2, 0) is 6.54 Å². The first kappa shape index (κ1) is 15.2. The number of aromatic nitrogens is 1. The number of nitrogens with one attached hydrogen (secondary N) is 1. The summed E-state index contributed by atoms with van der Waals surface area (Å²) in [5, 5.41) is 4.94. The average molecular weight is 323 g/mol. The van der Waals surface area contributed by atoms with Crippen molar-refractivity contribution >= 4 is 28.9 Å². The second-order valence-electron chi connectivity index (χ2n) is 5.11. The molecule has 1 aromatic carbocycles. The monoisotopic (exact) mass is 323 g/mol. The summed E-state index contributed by atoms with van der Waals surface area (Å²) >= 11 is 1.63. The van der Waals surface area contributed by atoms with Crippen LogP contribution in [0, 0.1) is 6.92 Å². The van der Waals surface area contributed by atoms with Gasteiger partial charge < -0.3 is 5.32 Å². The summed E-state index contributed by atoms with van der Waals surface area (Å²) in [5.41, 5.74) is 1.73. The number of rotatable bonds is 4. The van der Waals surface area contributed by atoms with E-state index in [1.807, 2.05) is 66.9 Å². The molecule has 0 aliphatic heterocycles.